The van der Waals surface area contributed by atoms with Gasteiger partial charge < -0.3 is 10.6 Å². The highest BCUT2D eigenvalue weighted by molar-refractivity contribution is 5.09. The fourth-order valence-corrected chi connectivity index (χ4v) is 2.06. The number of aryl methyl sites for hydroxylation is 1. The lowest BCUT2D eigenvalue weighted by atomic mass is 10.1. The van der Waals surface area contributed by atoms with Crippen molar-refractivity contribution in [2.75, 3.05) is 13.6 Å². The molecule has 0 amide bonds. The van der Waals surface area contributed by atoms with Gasteiger partial charge in [0.1, 0.15) is 5.82 Å². The molecule has 1 unspecified atom stereocenters. The second-order valence-electron chi connectivity index (χ2n) is 5.06. The molecule has 0 bridgehead atoms. The Morgan fingerprint density at radius 3 is 2.80 bits per heavy atom. The topological polar surface area (TPSA) is 60.0 Å². The lowest BCUT2D eigenvalue weighted by Gasteiger charge is -2.18. The number of nitrogens with zero attached hydrogens (tertiary/aromatic N) is 4. The number of hydrogen-bond acceptors (Lipinski definition) is 4. The molecule has 2 N–H and O–H groups in total. The van der Waals surface area contributed by atoms with Gasteiger partial charge in [-0.2, -0.15) is 5.10 Å². The lowest BCUT2D eigenvalue weighted by Crippen LogP contribution is -2.23. The Labute approximate surface area is 118 Å². The molecule has 5 nitrogen and oxygen atoms in total. The van der Waals surface area contributed by atoms with E-state index in [9.17, 15) is 4.39 Å². The van der Waals surface area contributed by atoms with Crippen molar-refractivity contribution in [3.05, 3.63) is 47.8 Å². The van der Waals surface area contributed by atoms with Crippen LogP contribution in [0.5, 0.6) is 0 Å². The lowest BCUT2D eigenvalue weighted by molar-refractivity contribution is 0.310. The van der Waals surface area contributed by atoms with Crippen molar-refractivity contribution in [3.63, 3.8) is 0 Å². The predicted octanol–water partition coefficient (Wildman–Crippen LogP) is 1.48. The zero-order valence-corrected chi connectivity index (χ0v) is 11.8. The standard InChI is InChI=1S/C14H20FN5/c1-19(9-11-7-18-20(2)10-11)6-5-13(16)14-4-3-12(15)8-17-14/h3-4,7-8,10,13H,5-6,9,16H2,1-2H3. The second kappa shape index (κ2) is 6.58. The summed E-state index contributed by atoms with van der Waals surface area (Å²) in [6.07, 6.45) is 5.83. The number of aromatic nitrogens is 3. The van der Waals surface area contributed by atoms with Gasteiger partial charge in [0, 0.05) is 37.9 Å². The number of pyridine rings is 1. The van der Waals surface area contributed by atoms with E-state index in [1.54, 1.807) is 10.7 Å². The van der Waals surface area contributed by atoms with Crippen molar-refractivity contribution in [1.29, 1.82) is 0 Å². The summed E-state index contributed by atoms with van der Waals surface area (Å²) in [6.45, 7) is 1.67. The predicted molar refractivity (Wildman–Crippen MR) is 75.3 cm³/mol. The largest absolute Gasteiger partial charge is 0.323 e. The van der Waals surface area contributed by atoms with E-state index in [1.807, 2.05) is 26.5 Å². The first-order valence-electron chi connectivity index (χ1n) is 6.57. The van der Waals surface area contributed by atoms with Crippen molar-refractivity contribution in [1.82, 2.24) is 19.7 Å². The molecule has 0 aliphatic carbocycles. The van der Waals surface area contributed by atoms with Gasteiger partial charge in [0.15, 0.2) is 0 Å². The first-order valence-corrected chi connectivity index (χ1v) is 6.57. The summed E-state index contributed by atoms with van der Waals surface area (Å²) < 4.78 is 14.6. The number of halogens is 1. The summed E-state index contributed by atoms with van der Waals surface area (Å²) in [7, 11) is 3.94. The van der Waals surface area contributed by atoms with Gasteiger partial charge in [-0.25, -0.2) is 4.39 Å². The van der Waals surface area contributed by atoms with Crippen LogP contribution in [0.1, 0.15) is 23.7 Å². The average molecular weight is 277 g/mol. The fourth-order valence-electron chi connectivity index (χ4n) is 2.06. The van der Waals surface area contributed by atoms with Gasteiger partial charge in [-0.1, -0.05) is 0 Å². The van der Waals surface area contributed by atoms with Crippen LogP contribution in [0.25, 0.3) is 0 Å². The van der Waals surface area contributed by atoms with E-state index in [-0.39, 0.29) is 11.9 Å². The maximum absolute atomic E-state index is 12.8. The van der Waals surface area contributed by atoms with E-state index in [0.717, 1.165) is 25.2 Å². The van der Waals surface area contributed by atoms with Crippen LogP contribution in [-0.2, 0) is 13.6 Å². The Morgan fingerprint density at radius 2 is 2.20 bits per heavy atom. The molecule has 108 valence electrons. The van der Waals surface area contributed by atoms with E-state index in [0.29, 0.717) is 0 Å². The van der Waals surface area contributed by atoms with Crippen LogP contribution in [0.15, 0.2) is 30.7 Å². The SMILES string of the molecule is CN(CCC(N)c1ccc(F)cn1)Cc1cnn(C)c1. The van der Waals surface area contributed by atoms with Crippen molar-refractivity contribution >= 4 is 0 Å². The molecule has 1 atom stereocenters. The third-order valence-corrected chi connectivity index (χ3v) is 3.16. The summed E-state index contributed by atoms with van der Waals surface area (Å²) in [5.74, 6) is -0.338. The van der Waals surface area contributed by atoms with Gasteiger partial charge in [0.2, 0.25) is 0 Å². The molecule has 0 aliphatic rings. The van der Waals surface area contributed by atoms with Crippen LogP contribution >= 0.6 is 0 Å². The average Bonchev–Trinajstić information content (AvgIpc) is 2.82. The zero-order valence-electron chi connectivity index (χ0n) is 11.8. The van der Waals surface area contributed by atoms with Crippen molar-refractivity contribution in [2.45, 2.75) is 19.0 Å². The highest BCUT2D eigenvalue weighted by atomic mass is 19.1. The molecule has 0 aromatic carbocycles. The summed E-state index contributed by atoms with van der Waals surface area (Å²) in [4.78, 5) is 6.19. The molecule has 2 aromatic heterocycles. The molecular formula is C14H20FN5. The van der Waals surface area contributed by atoms with Crippen molar-refractivity contribution in [3.8, 4) is 0 Å². The van der Waals surface area contributed by atoms with Gasteiger partial charge in [-0.15, -0.1) is 0 Å². The Balaban J connectivity index is 1.80. The minimum absolute atomic E-state index is 0.174. The second-order valence-corrected chi connectivity index (χ2v) is 5.06. The molecule has 0 saturated carbocycles. The smallest absolute Gasteiger partial charge is 0.141 e. The van der Waals surface area contributed by atoms with Gasteiger partial charge >= 0.3 is 0 Å². The summed E-state index contributed by atoms with van der Waals surface area (Å²) in [6, 6.07) is 2.86. The molecular weight excluding hydrogens is 257 g/mol. The van der Waals surface area contributed by atoms with Gasteiger partial charge in [0.25, 0.3) is 0 Å². The quantitative estimate of drug-likeness (QED) is 0.868. The molecule has 0 saturated heterocycles. The van der Waals surface area contributed by atoms with Crippen molar-refractivity contribution < 1.29 is 4.39 Å². The molecule has 20 heavy (non-hydrogen) atoms. The van der Waals surface area contributed by atoms with E-state index in [4.69, 9.17) is 5.73 Å². The normalized spacial score (nSPS) is 12.8. The van der Waals surface area contributed by atoms with E-state index >= 15 is 0 Å². The summed E-state index contributed by atoms with van der Waals surface area (Å²) >= 11 is 0. The molecule has 0 aliphatic heterocycles. The van der Waals surface area contributed by atoms with Gasteiger partial charge in [-0.3, -0.25) is 9.67 Å². The number of hydrogen-bond donors (Lipinski definition) is 1. The Hall–Kier alpha value is -1.79. The van der Waals surface area contributed by atoms with E-state index in [1.165, 1.54) is 17.8 Å². The number of rotatable bonds is 6. The molecule has 0 fully saturated rings. The summed E-state index contributed by atoms with van der Waals surface area (Å²) in [5, 5.41) is 4.14. The van der Waals surface area contributed by atoms with Crippen molar-refractivity contribution in [2.24, 2.45) is 12.8 Å². The highest BCUT2D eigenvalue weighted by Crippen LogP contribution is 2.12. The fraction of sp³-hybridized carbons (Fsp3) is 0.429. The molecule has 6 heteroatoms. The molecule has 0 spiro atoms. The van der Waals surface area contributed by atoms with Crippen LogP contribution in [0.3, 0.4) is 0 Å². The number of nitrogens with two attached hydrogens (primary N) is 1. The van der Waals surface area contributed by atoms with Gasteiger partial charge in [-0.05, 0) is 25.6 Å². The monoisotopic (exact) mass is 277 g/mol. The Bertz CT molecular complexity index is 537. The Kier molecular flexibility index (Phi) is 4.81. The third-order valence-electron chi connectivity index (χ3n) is 3.16. The van der Waals surface area contributed by atoms with Gasteiger partial charge in [0.05, 0.1) is 18.1 Å². The molecule has 2 heterocycles. The van der Waals surface area contributed by atoms with E-state index < -0.39 is 0 Å². The molecule has 2 rings (SSSR count). The van der Waals surface area contributed by atoms with Crippen LogP contribution < -0.4 is 5.73 Å². The van der Waals surface area contributed by atoms with Crippen LogP contribution in [0.4, 0.5) is 4.39 Å². The molecule has 2 aromatic rings. The van der Waals surface area contributed by atoms with Crippen LogP contribution in [-0.4, -0.2) is 33.3 Å². The minimum atomic E-state index is -0.338. The zero-order chi connectivity index (χ0) is 14.5. The molecule has 0 radical (unpaired) electrons. The maximum Gasteiger partial charge on any atom is 0.141 e. The Morgan fingerprint density at radius 1 is 1.40 bits per heavy atom. The maximum atomic E-state index is 12.8. The minimum Gasteiger partial charge on any atom is -0.323 e. The van der Waals surface area contributed by atoms with Crippen LogP contribution in [0.2, 0.25) is 0 Å². The third kappa shape index (κ3) is 4.11. The summed E-state index contributed by atoms with van der Waals surface area (Å²) in [5.41, 5.74) is 7.96. The first-order chi connectivity index (χ1) is 9.54. The highest BCUT2D eigenvalue weighted by Gasteiger charge is 2.10. The van der Waals surface area contributed by atoms with E-state index in [2.05, 4.69) is 15.0 Å². The van der Waals surface area contributed by atoms with Crippen LogP contribution in [0, 0.1) is 5.82 Å². The first kappa shape index (κ1) is 14.6.